The van der Waals surface area contributed by atoms with Gasteiger partial charge in [0.15, 0.2) is 0 Å². The fourth-order valence-electron chi connectivity index (χ4n) is 1.33. The molecule has 0 aromatic carbocycles. The van der Waals surface area contributed by atoms with Crippen LogP contribution in [0.15, 0.2) is 12.2 Å². The van der Waals surface area contributed by atoms with E-state index >= 15 is 0 Å². The van der Waals surface area contributed by atoms with E-state index in [0.717, 1.165) is 6.42 Å². The molecule has 2 nitrogen and oxygen atoms in total. The van der Waals surface area contributed by atoms with Gasteiger partial charge in [-0.2, -0.15) is 0 Å². The van der Waals surface area contributed by atoms with Crippen LogP contribution in [0, 0.1) is 0 Å². The maximum absolute atomic E-state index is 9.28. The van der Waals surface area contributed by atoms with Gasteiger partial charge >= 0.3 is 0 Å². The number of aliphatic hydroxyl groups excluding tert-OH is 2. The summed E-state index contributed by atoms with van der Waals surface area (Å²) in [5.41, 5.74) is 0. The number of hydrogen-bond donors (Lipinski definition) is 2. The summed E-state index contributed by atoms with van der Waals surface area (Å²) in [5, 5.41) is 17.8. The molecule has 0 radical (unpaired) electrons. The molecule has 0 saturated carbocycles. The number of allylic oxidation sites excluding steroid dienone is 1. The second kappa shape index (κ2) is 10.7. The lowest BCUT2D eigenvalue weighted by Crippen LogP contribution is -2.06. The lowest BCUT2D eigenvalue weighted by atomic mass is 10.1. The minimum Gasteiger partial charge on any atom is -0.396 e. The molecule has 0 bridgehead atoms. The van der Waals surface area contributed by atoms with E-state index in [4.69, 9.17) is 5.11 Å². The Morgan fingerprint density at radius 2 is 1.93 bits per heavy atom. The van der Waals surface area contributed by atoms with Crippen LogP contribution in [0.5, 0.6) is 0 Å². The highest BCUT2D eigenvalue weighted by molar-refractivity contribution is 4.83. The summed E-state index contributed by atoms with van der Waals surface area (Å²) in [5.74, 6) is 0. The first-order valence-electron chi connectivity index (χ1n) is 5.75. The van der Waals surface area contributed by atoms with Crippen LogP contribution in [0.1, 0.15) is 51.9 Å². The Hall–Kier alpha value is -0.340. The Morgan fingerprint density at radius 3 is 2.57 bits per heavy atom. The molecule has 0 aliphatic heterocycles. The van der Waals surface area contributed by atoms with Crippen LogP contribution in [0.25, 0.3) is 0 Å². The van der Waals surface area contributed by atoms with E-state index in [9.17, 15) is 5.11 Å². The van der Waals surface area contributed by atoms with Gasteiger partial charge in [0, 0.05) is 6.61 Å². The zero-order valence-corrected chi connectivity index (χ0v) is 9.28. The lowest BCUT2D eigenvalue weighted by Gasteiger charge is -2.03. The molecular weight excluding hydrogens is 176 g/mol. The summed E-state index contributed by atoms with van der Waals surface area (Å²) in [6.07, 6.45) is 11.2. The van der Waals surface area contributed by atoms with E-state index < -0.39 is 0 Å². The van der Waals surface area contributed by atoms with Crippen molar-refractivity contribution in [3.05, 3.63) is 12.2 Å². The number of hydrogen-bond acceptors (Lipinski definition) is 2. The molecule has 0 spiro atoms. The molecule has 0 heterocycles. The lowest BCUT2D eigenvalue weighted by molar-refractivity contribution is 0.135. The van der Waals surface area contributed by atoms with Crippen LogP contribution < -0.4 is 0 Å². The Bertz CT molecular complexity index is 132. The molecule has 1 unspecified atom stereocenters. The summed E-state index contributed by atoms with van der Waals surface area (Å²) in [7, 11) is 0. The van der Waals surface area contributed by atoms with E-state index in [1.165, 1.54) is 25.7 Å². The van der Waals surface area contributed by atoms with Crippen molar-refractivity contribution in [3.8, 4) is 0 Å². The smallest absolute Gasteiger partial charge is 0.0596 e. The minimum absolute atomic E-state index is 0.0749. The molecule has 84 valence electrons. The Morgan fingerprint density at radius 1 is 1.14 bits per heavy atom. The van der Waals surface area contributed by atoms with Crippen molar-refractivity contribution >= 4 is 0 Å². The topological polar surface area (TPSA) is 40.5 Å². The monoisotopic (exact) mass is 200 g/mol. The maximum Gasteiger partial charge on any atom is 0.0596 e. The zero-order valence-electron chi connectivity index (χ0n) is 9.28. The second-order valence-corrected chi connectivity index (χ2v) is 3.72. The van der Waals surface area contributed by atoms with E-state index in [1.54, 1.807) is 0 Å². The molecule has 14 heavy (non-hydrogen) atoms. The summed E-state index contributed by atoms with van der Waals surface area (Å²) in [6.45, 7) is 2.28. The standard InChI is InChI=1S/C12H24O2/c1-2-3-4-5-6-7-8-9-12(14)10-11-13/h7-8,12-14H,2-6,9-11H2,1H3. The van der Waals surface area contributed by atoms with Crippen molar-refractivity contribution in [1.82, 2.24) is 0 Å². The highest BCUT2D eigenvalue weighted by Crippen LogP contribution is 2.04. The molecule has 0 aliphatic carbocycles. The number of rotatable bonds is 9. The molecule has 0 fully saturated rings. The average Bonchev–Trinajstić information content (AvgIpc) is 2.17. The van der Waals surface area contributed by atoms with Gasteiger partial charge in [-0.25, -0.2) is 0 Å². The molecule has 0 rings (SSSR count). The van der Waals surface area contributed by atoms with Gasteiger partial charge in [0.25, 0.3) is 0 Å². The molecule has 0 aromatic rings. The molecule has 0 aliphatic rings. The third kappa shape index (κ3) is 9.75. The molecular formula is C12H24O2. The van der Waals surface area contributed by atoms with Crippen LogP contribution in [-0.4, -0.2) is 22.9 Å². The molecule has 0 amide bonds. The van der Waals surface area contributed by atoms with E-state index in [2.05, 4.69) is 13.0 Å². The largest absolute Gasteiger partial charge is 0.396 e. The predicted octanol–water partition coefficient (Wildman–Crippen LogP) is 2.65. The second-order valence-electron chi connectivity index (χ2n) is 3.72. The van der Waals surface area contributed by atoms with Gasteiger partial charge in [-0.15, -0.1) is 0 Å². The SMILES string of the molecule is CCCCCCC=CCC(O)CCO. The van der Waals surface area contributed by atoms with Crippen molar-refractivity contribution in [2.45, 2.75) is 58.0 Å². The normalized spacial score (nSPS) is 13.6. The molecule has 1 atom stereocenters. The summed E-state index contributed by atoms with van der Waals surface area (Å²) >= 11 is 0. The summed E-state index contributed by atoms with van der Waals surface area (Å²) in [6, 6.07) is 0. The third-order valence-electron chi connectivity index (χ3n) is 2.26. The van der Waals surface area contributed by atoms with Gasteiger partial charge in [-0.1, -0.05) is 38.3 Å². The molecule has 2 N–H and O–H groups in total. The van der Waals surface area contributed by atoms with Crippen LogP contribution in [0.2, 0.25) is 0 Å². The van der Waals surface area contributed by atoms with Gasteiger partial charge in [0.2, 0.25) is 0 Å². The minimum atomic E-state index is -0.369. The van der Waals surface area contributed by atoms with Crippen molar-refractivity contribution in [2.24, 2.45) is 0 Å². The van der Waals surface area contributed by atoms with E-state index in [-0.39, 0.29) is 12.7 Å². The van der Waals surface area contributed by atoms with E-state index in [1.807, 2.05) is 6.08 Å². The average molecular weight is 200 g/mol. The van der Waals surface area contributed by atoms with Gasteiger partial charge in [0.05, 0.1) is 6.10 Å². The summed E-state index contributed by atoms with van der Waals surface area (Å²) < 4.78 is 0. The third-order valence-corrected chi connectivity index (χ3v) is 2.26. The first-order chi connectivity index (χ1) is 6.81. The number of aliphatic hydroxyl groups is 2. The Kier molecular flexibility index (Phi) is 10.5. The van der Waals surface area contributed by atoms with Crippen molar-refractivity contribution in [2.75, 3.05) is 6.61 Å². The van der Waals surface area contributed by atoms with Gasteiger partial charge in [-0.05, 0) is 25.7 Å². The highest BCUT2D eigenvalue weighted by Gasteiger charge is 1.98. The van der Waals surface area contributed by atoms with Crippen LogP contribution in [0.3, 0.4) is 0 Å². The van der Waals surface area contributed by atoms with Crippen LogP contribution in [-0.2, 0) is 0 Å². The van der Waals surface area contributed by atoms with Crippen LogP contribution >= 0.6 is 0 Å². The first kappa shape index (κ1) is 13.7. The molecule has 2 heteroatoms. The van der Waals surface area contributed by atoms with E-state index in [0.29, 0.717) is 12.8 Å². The molecule has 0 saturated heterocycles. The maximum atomic E-state index is 9.28. The zero-order chi connectivity index (χ0) is 10.6. The quantitative estimate of drug-likeness (QED) is 0.444. The Balaban J connectivity index is 3.18. The fraction of sp³-hybridized carbons (Fsp3) is 0.833. The van der Waals surface area contributed by atoms with Crippen molar-refractivity contribution in [3.63, 3.8) is 0 Å². The fourth-order valence-corrected chi connectivity index (χ4v) is 1.33. The van der Waals surface area contributed by atoms with Gasteiger partial charge in [0.1, 0.15) is 0 Å². The highest BCUT2D eigenvalue weighted by atomic mass is 16.3. The Labute approximate surface area is 87.7 Å². The summed E-state index contributed by atoms with van der Waals surface area (Å²) in [4.78, 5) is 0. The van der Waals surface area contributed by atoms with Gasteiger partial charge < -0.3 is 10.2 Å². The molecule has 0 aromatic heterocycles. The predicted molar refractivity (Wildman–Crippen MR) is 60.2 cm³/mol. The van der Waals surface area contributed by atoms with Crippen molar-refractivity contribution < 1.29 is 10.2 Å². The first-order valence-corrected chi connectivity index (χ1v) is 5.75. The van der Waals surface area contributed by atoms with Gasteiger partial charge in [-0.3, -0.25) is 0 Å². The van der Waals surface area contributed by atoms with Crippen LogP contribution in [0.4, 0.5) is 0 Å². The van der Waals surface area contributed by atoms with Crippen molar-refractivity contribution in [1.29, 1.82) is 0 Å². The number of unbranched alkanes of at least 4 members (excludes halogenated alkanes) is 4.